The molecular formula is C16H18ClNO3. The third kappa shape index (κ3) is 3.58. The molecule has 0 spiro atoms. The number of halogens is 1. The van der Waals surface area contributed by atoms with Crippen LogP contribution in [0.5, 0.6) is 11.5 Å². The highest BCUT2D eigenvalue weighted by atomic mass is 35.5. The summed E-state index contributed by atoms with van der Waals surface area (Å²) in [6.45, 7) is 0.518. The summed E-state index contributed by atoms with van der Waals surface area (Å²) in [5.74, 6) is 1.77. The van der Waals surface area contributed by atoms with E-state index in [9.17, 15) is 4.79 Å². The van der Waals surface area contributed by atoms with Crippen molar-refractivity contribution < 1.29 is 14.3 Å². The number of fused-ring (bicyclic) bond motifs is 1. The van der Waals surface area contributed by atoms with Gasteiger partial charge < -0.3 is 14.4 Å². The highest BCUT2D eigenvalue weighted by molar-refractivity contribution is 6.18. The van der Waals surface area contributed by atoms with Gasteiger partial charge in [0.05, 0.1) is 20.6 Å². The number of carbonyl (C=O) groups is 1. The zero-order valence-electron chi connectivity index (χ0n) is 12.1. The fourth-order valence-electron chi connectivity index (χ4n) is 2.18. The number of benzene rings is 1. The van der Waals surface area contributed by atoms with Crippen molar-refractivity contribution in [3.8, 4) is 11.5 Å². The first kappa shape index (κ1) is 15.4. The highest BCUT2D eigenvalue weighted by Gasteiger charge is 2.18. The number of hydrogen-bond acceptors (Lipinski definition) is 3. The molecule has 1 aliphatic rings. The fourth-order valence-corrected chi connectivity index (χ4v) is 2.30. The van der Waals surface area contributed by atoms with E-state index in [4.69, 9.17) is 21.1 Å². The lowest BCUT2D eigenvalue weighted by Gasteiger charge is -2.14. The van der Waals surface area contributed by atoms with Crippen LogP contribution in [0.15, 0.2) is 30.5 Å². The molecule has 2 rings (SSSR count). The van der Waals surface area contributed by atoms with Gasteiger partial charge in [-0.3, -0.25) is 4.79 Å². The zero-order chi connectivity index (χ0) is 15.2. The second kappa shape index (κ2) is 7.18. The van der Waals surface area contributed by atoms with Crippen LogP contribution < -0.4 is 9.47 Å². The molecule has 0 saturated carbocycles. The number of rotatable bonds is 5. The molecule has 112 valence electrons. The molecule has 0 saturated heterocycles. The Balaban J connectivity index is 2.28. The lowest BCUT2D eigenvalue weighted by atomic mass is 10.0. The lowest BCUT2D eigenvalue weighted by Crippen LogP contribution is -2.26. The number of amides is 1. The van der Waals surface area contributed by atoms with Crippen LogP contribution in [0.1, 0.15) is 11.1 Å². The number of allylic oxidation sites excluding steroid dienone is 1. The van der Waals surface area contributed by atoms with Crippen molar-refractivity contribution in [3.63, 3.8) is 0 Å². The first-order valence-electron chi connectivity index (χ1n) is 6.63. The first-order valence-corrected chi connectivity index (χ1v) is 7.16. The Bertz CT molecular complexity index is 581. The SMILES string of the molecule is COc1cc2c(cc1OC)CC(=O)N(C/C=C\CCl)C=C2. The monoisotopic (exact) mass is 307 g/mol. The van der Waals surface area contributed by atoms with Crippen LogP contribution in [0.4, 0.5) is 0 Å². The Kier molecular flexibility index (Phi) is 5.28. The molecule has 0 bridgehead atoms. The van der Waals surface area contributed by atoms with Crippen molar-refractivity contribution in [1.82, 2.24) is 4.90 Å². The number of hydrogen-bond donors (Lipinski definition) is 0. The summed E-state index contributed by atoms with van der Waals surface area (Å²) in [6, 6.07) is 3.74. The predicted molar refractivity (Wildman–Crippen MR) is 83.9 cm³/mol. The molecule has 0 unspecified atom stereocenters. The average Bonchev–Trinajstić information content (AvgIpc) is 2.65. The quantitative estimate of drug-likeness (QED) is 0.620. The van der Waals surface area contributed by atoms with Crippen LogP contribution in [0.25, 0.3) is 6.08 Å². The molecule has 1 aliphatic heterocycles. The molecule has 0 aliphatic carbocycles. The molecule has 5 heteroatoms. The molecule has 0 N–H and O–H groups in total. The minimum Gasteiger partial charge on any atom is -0.493 e. The van der Waals surface area contributed by atoms with Gasteiger partial charge in [0.25, 0.3) is 0 Å². The number of nitrogens with zero attached hydrogens (tertiary/aromatic N) is 1. The first-order chi connectivity index (χ1) is 10.2. The number of methoxy groups -OCH3 is 2. The van der Waals surface area contributed by atoms with Crippen molar-refractivity contribution in [2.24, 2.45) is 0 Å². The molecule has 4 nitrogen and oxygen atoms in total. The van der Waals surface area contributed by atoms with Gasteiger partial charge in [-0.2, -0.15) is 0 Å². The summed E-state index contributed by atoms with van der Waals surface area (Å²) >= 11 is 5.59. The summed E-state index contributed by atoms with van der Waals surface area (Å²) in [5.41, 5.74) is 1.89. The van der Waals surface area contributed by atoms with E-state index in [1.807, 2.05) is 30.4 Å². The second-order valence-electron chi connectivity index (χ2n) is 4.57. The van der Waals surface area contributed by atoms with Gasteiger partial charge in [-0.05, 0) is 29.3 Å². The van der Waals surface area contributed by atoms with E-state index in [1.54, 1.807) is 25.3 Å². The third-order valence-corrected chi connectivity index (χ3v) is 3.48. The maximum atomic E-state index is 12.3. The summed E-state index contributed by atoms with van der Waals surface area (Å²) in [6.07, 6.45) is 7.74. The Morgan fingerprint density at radius 2 is 1.95 bits per heavy atom. The van der Waals surface area contributed by atoms with Gasteiger partial charge in [-0.25, -0.2) is 0 Å². The minimum atomic E-state index is 0.0384. The fraction of sp³-hybridized carbons (Fsp3) is 0.312. The maximum Gasteiger partial charge on any atom is 0.231 e. The van der Waals surface area contributed by atoms with Crippen LogP contribution >= 0.6 is 11.6 Å². The topological polar surface area (TPSA) is 38.8 Å². The maximum absolute atomic E-state index is 12.3. The van der Waals surface area contributed by atoms with Gasteiger partial charge in [0.1, 0.15) is 0 Å². The predicted octanol–water partition coefficient (Wildman–Crippen LogP) is 2.85. The summed E-state index contributed by atoms with van der Waals surface area (Å²) < 4.78 is 10.6. The Morgan fingerprint density at radius 3 is 2.62 bits per heavy atom. The van der Waals surface area contributed by atoms with E-state index in [-0.39, 0.29) is 5.91 Å². The van der Waals surface area contributed by atoms with E-state index >= 15 is 0 Å². The van der Waals surface area contributed by atoms with Gasteiger partial charge >= 0.3 is 0 Å². The van der Waals surface area contributed by atoms with Crippen molar-refractivity contribution in [3.05, 3.63) is 41.6 Å². The molecule has 0 fully saturated rings. The van der Waals surface area contributed by atoms with E-state index in [2.05, 4.69) is 0 Å². The minimum absolute atomic E-state index is 0.0384. The normalized spacial score (nSPS) is 14.2. The molecule has 1 heterocycles. The summed E-state index contributed by atoms with van der Waals surface area (Å²) in [5, 5.41) is 0. The van der Waals surface area contributed by atoms with Crippen LogP contribution in [0, 0.1) is 0 Å². The van der Waals surface area contributed by atoms with E-state index in [1.165, 1.54) is 0 Å². The van der Waals surface area contributed by atoms with Crippen LogP contribution in [0.2, 0.25) is 0 Å². The smallest absolute Gasteiger partial charge is 0.231 e. The molecule has 1 aromatic carbocycles. The Labute approximate surface area is 129 Å². The van der Waals surface area contributed by atoms with Gasteiger partial charge in [0, 0.05) is 18.6 Å². The molecule has 1 aromatic rings. The Hall–Kier alpha value is -1.94. The zero-order valence-corrected chi connectivity index (χ0v) is 12.9. The molecule has 0 aromatic heterocycles. The third-order valence-electron chi connectivity index (χ3n) is 3.30. The van der Waals surface area contributed by atoms with Crippen LogP contribution in [-0.2, 0) is 11.2 Å². The molecule has 1 amide bonds. The molecule has 21 heavy (non-hydrogen) atoms. The molecule has 0 radical (unpaired) electrons. The van der Waals surface area contributed by atoms with Crippen molar-refractivity contribution >= 4 is 23.6 Å². The van der Waals surface area contributed by atoms with Crippen LogP contribution in [-0.4, -0.2) is 37.5 Å². The second-order valence-corrected chi connectivity index (χ2v) is 4.88. The van der Waals surface area contributed by atoms with Gasteiger partial charge in [0.2, 0.25) is 5.91 Å². The van der Waals surface area contributed by atoms with Crippen molar-refractivity contribution in [2.75, 3.05) is 26.6 Å². The largest absolute Gasteiger partial charge is 0.493 e. The van der Waals surface area contributed by atoms with Gasteiger partial charge in [-0.15, -0.1) is 11.6 Å². The molecule has 0 atom stereocenters. The van der Waals surface area contributed by atoms with Crippen LogP contribution in [0.3, 0.4) is 0 Å². The highest BCUT2D eigenvalue weighted by Crippen LogP contribution is 2.32. The average molecular weight is 308 g/mol. The number of alkyl halides is 1. The Morgan fingerprint density at radius 1 is 1.24 bits per heavy atom. The molecular weight excluding hydrogens is 290 g/mol. The van der Waals surface area contributed by atoms with Crippen molar-refractivity contribution in [1.29, 1.82) is 0 Å². The van der Waals surface area contributed by atoms with Gasteiger partial charge in [-0.1, -0.05) is 12.2 Å². The van der Waals surface area contributed by atoms with E-state index in [0.717, 1.165) is 11.1 Å². The standard InChI is InChI=1S/C16H18ClNO3/c1-20-14-9-12-5-8-18(7-4-3-6-17)16(19)11-13(12)10-15(14)21-2/h3-5,8-10H,6-7,11H2,1-2H3/b4-3-. The summed E-state index contributed by atoms with van der Waals surface area (Å²) in [7, 11) is 3.18. The van der Waals surface area contributed by atoms with Gasteiger partial charge in [0.15, 0.2) is 11.5 Å². The number of carbonyl (C=O) groups excluding carboxylic acids is 1. The van der Waals surface area contributed by atoms with E-state index in [0.29, 0.717) is 30.3 Å². The van der Waals surface area contributed by atoms with Crippen molar-refractivity contribution in [2.45, 2.75) is 6.42 Å². The summed E-state index contributed by atoms with van der Waals surface area (Å²) in [4.78, 5) is 13.9. The number of ether oxygens (including phenoxy) is 2. The van der Waals surface area contributed by atoms with E-state index < -0.39 is 0 Å². The lowest BCUT2D eigenvalue weighted by molar-refractivity contribution is -0.127.